The Morgan fingerprint density at radius 1 is 1.04 bits per heavy atom. The highest BCUT2D eigenvalue weighted by molar-refractivity contribution is 7.89. The van der Waals surface area contributed by atoms with Gasteiger partial charge in [0.2, 0.25) is 10.0 Å². The van der Waals surface area contributed by atoms with Gasteiger partial charge in [-0.15, -0.1) is 0 Å². The monoisotopic (exact) mass is 360 g/mol. The average molecular weight is 360 g/mol. The number of benzene rings is 1. The molecule has 1 saturated heterocycles. The fourth-order valence-electron chi connectivity index (χ4n) is 3.95. The number of hydrogen-bond acceptors (Lipinski definition) is 4. The molecule has 2 aliphatic rings. The van der Waals surface area contributed by atoms with E-state index in [4.69, 9.17) is 4.74 Å². The van der Waals surface area contributed by atoms with Crippen molar-refractivity contribution in [2.45, 2.75) is 23.8 Å². The molecular weight excluding hydrogens is 340 g/mol. The largest absolute Gasteiger partial charge is 0.497 e. The summed E-state index contributed by atoms with van der Waals surface area (Å²) in [6, 6.07) is 11.7. The molecule has 132 valence electrons. The number of aromatic nitrogens is 1. The summed E-state index contributed by atoms with van der Waals surface area (Å²) in [5.74, 6) is 0.858. The van der Waals surface area contributed by atoms with E-state index in [9.17, 15) is 13.2 Å². The standard InChI is InChI=1S/C18H20N2O4S/c1-24-15-5-7-16(8-6-15)25(22,23)19-10-13-9-14(12-19)17-3-2-4-18(21)20(17)11-13/h2-8,13-14H,9-12H2,1H3/t13-,14+/m1/s1. The lowest BCUT2D eigenvalue weighted by Gasteiger charge is -2.42. The Morgan fingerprint density at radius 2 is 1.80 bits per heavy atom. The van der Waals surface area contributed by atoms with Crippen molar-refractivity contribution < 1.29 is 13.2 Å². The molecular formula is C18H20N2O4S. The van der Waals surface area contributed by atoms with Crippen molar-refractivity contribution in [1.82, 2.24) is 8.87 Å². The molecule has 1 aromatic carbocycles. The zero-order chi connectivity index (χ0) is 17.6. The maximum atomic E-state index is 13.0. The van der Waals surface area contributed by atoms with E-state index in [2.05, 4.69) is 0 Å². The first-order chi connectivity index (χ1) is 12.0. The lowest BCUT2D eigenvalue weighted by Crippen LogP contribution is -2.48. The minimum atomic E-state index is -3.55. The number of nitrogens with zero attached hydrogens (tertiary/aromatic N) is 2. The Morgan fingerprint density at radius 3 is 2.52 bits per heavy atom. The van der Waals surface area contributed by atoms with E-state index >= 15 is 0 Å². The van der Waals surface area contributed by atoms with Crippen molar-refractivity contribution in [3.05, 3.63) is 58.5 Å². The van der Waals surface area contributed by atoms with E-state index in [1.807, 2.05) is 6.07 Å². The van der Waals surface area contributed by atoms with E-state index < -0.39 is 10.0 Å². The molecule has 3 heterocycles. The number of ether oxygens (including phenoxy) is 1. The van der Waals surface area contributed by atoms with Gasteiger partial charge in [0.25, 0.3) is 5.56 Å². The van der Waals surface area contributed by atoms with Crippen molar-refractivity contribution in [3.63, 3.8) is 0 Å². The van der Waals surface area contributed by atoms with Gasteiger partial charge in [-0.2, -0.15) is 4.31 Å². The third kappa shape index (κ3) is 2.77. The number of piperidine rings is 1. The summed E-state index contributed by atoms with van der Waals surface area (Å²) >= 11 is 0. The van der Waals surface area contributed by atoms with Crippen molar-refractivity contribution in [2.24, 2.45) is 5.92 Å². The van der Waals surface area contributed by atoms with E-state index in [1.54, 1.807) is 52.4 Å². The van der Waals surface area contributed by atoms with Crippen LogP contribution in [0, 0.1) is 5.92 Å². The van der Waals surface area contributed by atoms with Crippen LogP contribution in [0.1, 0.15) is 18.0 Å². The van der Waals surface area contributed by atoms with Crippen molar-refractivity contribution in [2.75, 3.05) is 20.2 Å². The summed E-state index contributed by atoms with van der Waals surface area (Å²) in [7, 11) is -2.00. The third-order valence-corrected chi connectivity index (χ3v) is 6.99. The van der Waals surface area contributed by atoms with Crippen molar-refractivity contribution in [3.8, 4) is 5.75 Å². The highest BCUT2D eigenvalue weighted by Gasteiger charge is 2.39. The molecule has 0 amide bonds. The normalized spacial score (nSPS) is 23.1. The molecule has 1 aromatic heterocycles. The summed E-state index contributed by atoms with van der Waals surface area (Å²) in [5.41, 5.74) is 0.942. The Balaban J connectivity index is 1.66. The summed E-state index contributed by atoms with van der Waals surface area (Å²) in [4.78, 5) is 12.4. The lowest BCUT2D eigenvalue weighted by molar-refractivity contribution is 0.186. The van der Waals surface area contributed by atoms with Gasteiger partial charge < -0.3 is 9.30 Å². The van der Waals surface area contributed by atoms with E-state index in [1.165, 1.54) is 0 Å². The smallest absolute Gasteiger partial charge is 0.250 e. The summed E-state index contributed by atoms with van der Waals surface area (Å²) in [5, 5.41) is 0. The number of methoxy groups -OCH3 is 1. The Kier molecular flexibility index (Phi) is 3.92. The van der Waals surface area contributed by atoms with Crippen molar-refractivity contribution in [1.29, 1.82) is 0 Å². The van der Waals surface area contributed by atoms with Crippen LogP contribution in [-0.4, -0.2) is 37.5 Å². The van der Waals surface area contributed by atoms with Crippen LogP contribution >= 0.6 is 0 Å². The molecule has 4 rings (SSSR count). The average Bonchev–Trinajstić information content (AvgIpc) is 2.62. The van der Waals surface area contributed by atoms with Crippen LogP contribution in [0.2, 0.25) is 0 Å². The topological polar surface area (TPSA) is 68.6 Å². The van der Waals surface area contributed by atoms with Crippen LogP contribution in [0.25, 0.3) is 0 Å². The molecule has 0 spiro atoms. The highest BCUT2D eigenvalue weighted by Crippen LogP contribution is 2.37. The zero-order valence-electron chi connectivity index (χ0n) is 14.0. The number of rotatable bonds is 3. The quantitative estimate of drug-likeness (QED) is 0.835. The van der Waals surface area contributed by atoms with Gasteiger partial charge in [0.15, 0.2) is 0 Å². The summed E-state index contributed by atoms with van der Waals surface area (Å²) in [6.07, 6.45) is 0.929. The molecule has 0 N–H and O–H groups in total. The summed E-state index contributed by atoms with van der Waals surface area (Å²) < 4.78 is 34.5. The lowest BCUT2D eigenvalue weighted by atomic mass is 9.84. The molecule has 2 aliphatic heterocycles. The van der Waals surface area contributed by atoms with Crippen LogP contribution in [0.15, 0.2) is 52.2 Å². The van der Waals surface area contributed by atoms with Crippen LogP contribution in [0.4, 0.5) is 0 Å². The predicted molar refractivity (Wildman–Crippen MR) is 93.3 cm³/mol. The molecule has 7 heteroatoms. The van der Waals surface area contributed by atoms with Gasteiger partial charge in [-0.3, -0.25) is 4.79 Å². The van der Waals surface area contributed by atoms with Gasteiger partial charge in [0, 0.05) is 37.3 Å². The molecule has 1 fully saturated rings. The van der Waals surface area contributed by atoms with Gasteiger partial charge in [-0.25, -0.2) is 8.42 Å². The molecule has 2 atom stereocenters. The Hall–Kier alpha value is -2.12. The number of pyridine rings is 1. The van der Waals surface area contributed by atoms with Crippen LogP contribution in [0.5, 0.6) is 5.75 Å². The van der Waals surface area contributed by atoms with E-state index in [0.717, 1.165) is 12.1 Å². The minimum Gasteiger partial charge on any atom is -0.497 e. The molecule has 0 saturated carbocycles. The number of hydrogen-bond donors (Lipinski definition) is 0. The first kappa shape index (κ1) is 16.4. The fraction of sp³-hybridized carbons (Fsp3) is 0.389. The molecule has 0 radical (unpaired) electrons. The maximum Gasteiger partial charge on any atom is 0.250 e. The fourth-order valence-corrected chi connectivity index (χ4v) is 5.51. The molecule has 2 aromatic rings. The minimum absolute atomic E-state index is 0.00124. The van der Waals surface area contributed by atoms with E-state index in [0.29, 0.717) is 25.4 Å². The zero-order valence-corrected chi connectivity index (χ0v) is 14.8. The predicted octanol–water partition coefficient (Wildman–Crippen LogP) is 1.66. The van der Waals surface area contributed by atoms with Crippen molar-refractivity contribution >= 4 is 10.0 Å². The Labute approximate surface area is 146 Å². The highest BCUT2D eigenvalue weighted by atomic mass is 32.2. The molecule has 25 heavy (non-hydrogen) atoms. The second-order valence-corrected chi connectivity index (χ2v) is 8.63. The molecule has 0 unspecified atom stereocenters. The second-order valence-electron chi connectivity index (χ2n) is 6.70. The van der Waals surface area contributed by atoms with E-state index in [-0.39, 0.29) is 22.3 Å². The first-order valence-corrected chi connectivity index (χ1v) is 9.77. The van der Waals surface area contributed by atoms with Gasteiger partial charge in [-0.1, -0.05) is 6.07 Å². The molecule has 2 bridgehead atoms. The first-order valence-electron chi connectivity index (χ1n) is 8.33. The molecule has 6 nitrogen and oxygen atoms in total. The second kappa shape index (κ2) is 6.00. The van der Waals surface area contributed by atoms with Gasteiger partial charge in [-0.05, 0) is 42.7 Å². The van der Waals surface area contributed by atoms with Gasteiger partial charge >= 0.3 is 0 Å². The summed E-state index contributed by atoms with van der Waals surface area (Å²) in [6.45, 7) is 1.44. The Bertz CT molecular complexity index is 950. The SMILES string of the molecule is COc1ccc(S(=O)(=O)N2C[C@H]3C[C@@H](C2)c2cccc(=O)n2C3)cc1. The van der Waals surface area contributed by atoms with Crippen LogP contribution in [-0.2, 0) is 16.6 Å². The third-order valence-electron chi connectivity index (χ3n) is 5.14. The van der Waals surface area contributed by atoms with Crippen LogP contribution < -0.4 is 10.3 Å². The van der Waals surface area contributed by atoms with Crippen LogP contribution in [0.3, 0.4) is 0 Å². The maximum absolute atomic E-state index is 13.0. The van der Waals surface area contributed by atoms with Gasteiger partial charge in [0.05, 0.1) is 12.0 Å². The number of sulfonamides is 1. The number of fused-ring (bicyclic) bond motifs is 4. The molecule has 0 aliphatic carbocycles. The van der Waals surface area contributed by atoms with Gasteiger partial charge in [0.1, 0.15) is 5.75 Å².